The Morgan fingerprint density at radius 1 is 1.18 bits per heavy atom. The third-order valence-corrected chi connectivity index (χ3v) is 5.43. The van der Waals surface area contributed by atoms with E-state index in [9.17, 15) is 14.0 Å². The van der Waals surface area contributed by atoms with Crippen molar-refractivity contribution in [3.63, 3.8) is 0 Å². The lowest BCUT2D eigenvalue weighted by Crippen LogP contribution is -2.31. The van der Waals surface area contributed by atoms with Crippen LogP contribution in [0.3, 0.4) is 0 Å². The second-order valence-electron chi connectivity index (χ2n) is 8.27. The lowest BCUT2D eigenvalue weighted by Gasteiger charge is -2.10. The van der Waals surface area contributed by atoms with Crippen LogP contribution in [0.5, 0.6) is 5.75 Å². The second-order valence-corrected chi connectivity index (χ2v) is 8.27. The molecule has 0 radical (unpaired) electrons. The first-order chi connectivity index (χ1) is 16.4. The molecule has 0 atom stereocenters. The number of hydrogen-bond acceptors (Lipinski definition) is 5. The predicted molar refractivity (Wildman–Crippen MR) is 126 cm³/mol. The largest absolute Gasteiger partial charge is 0.484 e. The molecule has 34 heavy (non-hydrogen) atoms. The SMILES string of the molecule is CC(C)c1ccc(OCC(=O)NCCn2ncc3c(=O)n(Cc4cccc(F)c4)cnc32)cc1. The molecule has 8 nitrogen and oxygen atoms in total. The number of ether oxygens (including phenoxy) is 1. The molecule has 4 rings (SSSR count). The van der Waals surface area contributed by atoms with E-state index in [2.05, 4.69) is 29.2 Å². The van der Waals surface area contributed by atoms with Gasteiger partial charge in [0.15, 0.2) is 12.3 Å². The minimum Gasteiger partial charge on any atom is -0.484 e. The third kappa shape index (κ3) is 5.48. The molecule has 0 saturated carbocycles. The number of nitrogens with zero attached hydrogens (tertiary/aromatic N) is 4. The van der Waals surface area contributed by atoms with Crippen LogP contribution in [0.25, 0.3) is 11.0 Å². The van der Waals surface area contributed by atoms with Crippen LogP contribution in [0.4, 0.5) is 4.39 Å². The van der Waals surface area contributed by atoms with Gasteiger partial charge in [-0.1, -0.05) is 38.1 Å². The minimum atomic E-state index is -0.358. The Morgan fingerprint density at radius 3 is 2.71 bits per heavy atom. The van der Waals surface area contributed by atoms with Crippen LogP contribution < -0.4 is 15.6 Å². The van der Waals surface area contributed by atoms with E-state index in [1.807, 2.05) is 24.3 Å². The highest BCUT2D eigenvalue weighted by Crippen LogP contribution is 2.18. The van der Waals surface area contributed by atoms with E-state index in [0.29, 0.717) is 41.4 Å². The molecule has 9 heteroatoms. The van der Waals surface area contributed by atoms with Crippen molar-refractivity contribution in [3.05, 3.63) is 88.4 Å². The van der Waals surface area contributed by atoms with Gasteiger partial charge in [-0.05, 0) is 41.3 Å². The van der Waals surface area contributed by atoms with Crippen LogP contribution in [-0.4, -0.2) is 38.4 Å². The molecule has 0 spiro atoms. The van der Waals surface area contributed by atoms with Crippen LogP contribution in [0.2, 0.25) is 0 Å². The maximum Gasteiger partial charge on any atom is 0.264 e. The zero-order valence-electron chi connectivity index (χ0n) is 19.1. The van der Waals surface area contributed by atoms with Crippen molar-refractivity contribution in [2.24, 2.45) is 0 Å². The number of halogens is 1. The van der Waals surface area contributed by atoms with Gasteiger partial charge in [0.25, 0.3) is 11.5 Å². The molecule has 0 saturated heterocycles. The first-order valence-corrected chi connectivity index (χ1v) is 11.1. The van der Waals surface area contributed by atoms with Crippen molar-refractivity contribution in [3.8, 4) is 5.75 Å². The molecule has 0 fully saturated rings. The smallest absolute Gasteiger partial charge is 0.264 e. The van der Waals surface area contributed by atoms with Crippen LogP contribution in [0.15, 0.2) is 65.8 Å². The molecule has 0 unspecified atom stereocenters. The highest BCUT2D eigenvalue weighted by atomic mass is 19.1. The Hall–Kier alpha value is -4.01. The molecule has 0 aliphatic rings. The zero-order valence-corrected chi connectivity index (χ0v) is 19.1. The van der Waals surface area contributed by atoms with E-state index in [1.165, 1.54) is 34.8 Å². The van der Waals surface area contributed by atoms with Crippen molar-refractivity contribution >= 4 is 16.9 Å². The zero-order chi connectivity index (χ0) is 24.1. The topological polar surface area (TPSA) is 91.0 Å². The second kappa shape index (κ2) is 10.3. The molecule has 4 aromatic rings. The van der Waals surface area contributed by atoms with Crippen molar-refractivity contribution in [2.45, 2.75) is 32.9 Å². The standard InChI is InChI=1S/C25H26FN5O3/c1-17(2)19-6-8-21(9-7-19)34-15-23(32)27-10-11-31-24-22(13-29-31)25(33)30(16-28-24)14-18-4-3-5-20(26)12-18/h3-9,12-13,16-17H,10-11,14-15H2,1-2H3,(H,27,32). The van der Waals surface area contributed by atoms with Gasteiger partial charge in [-0.2, -0.15) is 5.10 Å². The number of rotatable bonds is 9. The van der Waals surface area contributed by atoms with Gasteiger partial charge in [0.1, 0.15) is 23.3 Å². The molecule has 0 bridgehead atoms. The van der Waals surface area contributed by atoms with Crippen molar-refractivity contribution < 1.29 is 13.9 Å². The Balaban J connectivity index is 1.31. The van der Waals surface area contributed by atoms with E-state index in [1.54, 1.807) is 16.8 Å². The molecular weight excluding hydrogens is 437 g/mol. The molecule has 176 valence electrons. The van der Waals surface area contributed by atoms with Gasteiger partial charge in [0.05, 0.1) is 19.3 Å². The van der Waals surface area contributed by atoms with Gasteiger partial charge in [0, 0.05) is 6.54 Å². The van der Waals surface area contributed by atoms with E-state index in [0.717, 1.165) is 0 Å². The van der Waals surface area contributed by atoms with E-state index >= 15 is 0 Å². The minimum absolute atomic E-state index is 0.0933. The van der Waals surface area contributed by atoms with Gasteiger partial charge in [0.2, 0.25) is 0 Å². The number of benzene rings is 2. The first kappa shape index (κ1) is 23.2. The van der Waals surface area contributed by atoms with Gasteiger partial charge >= 0.3 is 0 Å². The number of nitrogens with one attached hydrogen (secondary N) is 1. The summed E-state index contributed by atoms with van der Waals surface area (Å²) in [6.07, 6.45) is 2.88. The van der Waals surface area contributed by atoms with Crippen molar-refractivity contribution in [1.29, 1.82) is 0 Å². The molecule has 0 aliphatic heterocycles. The molecule has 2 aromatic carbocycles. The summed E-state index contributed by atoms with van der Waals surface area (Å²) >= 11 is 0. The summed E-state index contributed by atoms with van der Waals surface area (Å²) < 4.78 is 21.9. The van der Waals surface area contributed by atoms with E-state index in [-0.39, 0.29) is 30.4 Å². The van der Waals surface area contributed by atoms with Gasteiger partial charge in [-0.3, -0.25) is 14.2 Å². The number of hydrogen-bond donors (Lipinski definition) is 1. The average Bonchev–Trinajstić information content (AvgIpc) is 3.23. The lowest BCUT2D eigenvalue weighted by atomic mass is 10.0. The third-order valence-electron chi connectivity index (χ3n) is 5.43. The van der Waals surface area contributed by atoms with Gasteiger partial charge in [-0.15, -0.1) is 0 Å². The quantitative estimate of drug-likeness (QED) is 0.412. The molecule has 2 heterocycles. The maximum atomic E-state index is 13.4. The molecule has 1 N–H and O–H groups in total. The summed E-state index contributed by atoms with van der Waals surface area (Å²) in [6.45, 7) is 5.00. The predicted octanol–water partition coefficient (Wildman–Crippen LogP) is 3.10. The molecule has 2 aromatic heterocycles. The average molecular weight is 464 g/mol. The highest BCUT2D eigenvalue weighted by molar-refractivity contribution is 5.77. The normalized spacial score (nSPS) is 11.2. The lowest BCUT2D eigenvalue weighted by molar-refractivity contribution is -0.123. The summed E-state index contributed by atoms with van der Waals surface area (Å²) in [5.74, 6) is 0.455. The molecule has 1 amide bonds. The fraction of sp³-hybridized carbons (Fsp3) is 0.280. The number of carbonyl (C=O) groups excluding carboxylic acids is 1. The van der Waals surface area contributed by atoms with Crippen LogP contribution in [0, 0.1) is 5.82 Å². The van der Waals surface area contributed by atoms with E-state index < -0.39 is 0 Å². The fourth-order valence-corrected chi connectivity index (χ4v) is 3.56. The first-order valence-electron chi connectivity index (χ1n) is 11.1. The fourth-order valence-electron chi connectivity index (χ4n) is 3.56. The van der Waals surface area contributed by atoms with Gasteiger partial charge < -0.3 is 10.1 Å². The Kier molecular flexibility index (Phi) is 7.01. The van der Waals surface area contributed by atoms with E-state index in [4.69, 9.17) is 4.74 Å². The molecular formula is C25H26FN5O3. The number of aromatic nitrogens is 4. The number of amides is 1. The number of carbonyl (C=O) groups is 1. The van der Waals surface area contributed by atoms with Crippen molar-refractivity contribution in [2.75, 3.05) is 13.2 Å². The highest BCUT2D eigenvalue weighted by Gasteiger charge is 2.11. The summed E-state index contributed by atoms with van der Waals surface area (Å²) in [4.78, 5) is 29.2. The Bertz CT molecular complexity index is 1340. The maximum absolute atomic E-state index is 13.4. The Labute approximate surface area is 196 Å². The summed E-state index contributed by atoms with van der Waals surface area (Å²) in [5, 5.41) is 7.37. The van der Waals surface area contributed by atoms with Crippen LogP contribution in [-0.2, 0) is 17.9 Å². The monoisotopic (exact) mass is 463 g/mol. The van der Waals surface area contributed by atoms with Gasteiger partial charge in [-0.25, -0.2) is 14.1 Å². The van der Waals surface area contributed by atoms with Crippen LogP contribution in [0.1, 0.15) is 30.9 Å². The number of fused-ring (bicyclic) bond motifs is 1. The molecule has 0 aliphatic carbocycles. The summed E-state index contributed by atoms with van der Waals surface area (Å²) in [6, 6.07) is 13.8. The Morgan fingerprint density at radius 2 is 1.97 bits per heavy atom. The summed E-state index contributed by atoms with van der Waals surface area (Å²) in [5.41, 5.74) is 2.03. The van der Waals surface area contributed by atoms with Crippen molar-refractivity contribution in [1.82, 2.24) is 24.6 Å². The van der Waals surface area contributed by atoms with Crippen LogP contribution >= 0.6 is 0 Å². The summed E-state index contributed by atoms with van der Waals surface area (Å²) in [7, 11) is 0.